The molecule has 114 valence electrons. The van der Waals surface area contributed by atoms with Crippen molar-refractivity contribution in [2.24, 2.45) is 0 Å². The lowest BCUT2D eigenvalue weighted by molar-refractivity contribution is 0.109. The van der Waals surface area contributed by atoms with E-state index < -0.39 is 0 Å². The molecule has 0 saturated carbocycles. The summed E-state index contributed by atoms with van der Waals surface area (Å²) in [5, 5.41) is 3.45. The zero-order valence-corrected chi connectivity index (χ0v) is 13.3. The lowest BCUT2D eigenvalue weighted by Gasteiger charge is -2.21. The van der Waals surface area contributed by atoms with Crippen molar-refractivity contribution < 1.29 is 14.2 Å². The molecule has 20 heavy (non-hydrogen) atoms. The normalized spacial score (nSPS) is 11.4. The summed E-state index contributed by atoms with van der Waals surface area (Å²) < 4.78 is 16.3. The first-order valence-corrected chi connectivity index (χ1v) is 7.08. The molecule has 0 aliphatic carbocycles. The Hall–Kier alpha value is -1.26. The van der Waals surface area contributed by atoms with Crippen LogP contribution < -0.4 is 14.8 Å². The van der Waals surface area contributed by atoms with E-state index >= 15 is 0 Å². The van der Waals surface area contributed by atoms with E-state index in [-0.39, 0.29) is 5.54 Å². The van der Waals surface area contributed by atoms with E-state index in [9.17, 15) is 0 Å². The first-order chi connectivity index (χ1) is 9.46. The molecule has 0 radical (unpaired) electrons. The maximum Gasteiger partial charge on any atom is 0.161 e. The number of methoxy groups -OCH3 is 1. The standard InChI is InChI=1S/C16H27NO3/c1-6-19-9-10-20-14-8-7-13(11-15(14)18-5)12-17-16(2,3)4/h7-8,11,17H,6,9-10,12H2,1-5H3. The third-order valence-electron chi connectivity index (χ3n) is 2.74. The van der Waals surface area contributed by atoms with Gasteiger partial charge in [0.2, 0.25) is 0 Å². The molecule has 1 N–H and O–H groups in total. The monoisotopic (exact) mass is 281 g/mol. The van der Waals surface area contributed by atoms with Gasteiger partial charge in [0.25, 0.3) is 0 Å². The summed E-state index contributed by atoms with van der Waals surface area (Å²) in [6, 6.07) is 6.01. The molecule has 0 amide bonds. The van der Waals surface area contributed by atoms with E-state index in [1.54, 1.807) is 7.11 Å². The molecule has 0 bridgehead atoms. The molecule has 0 atom stereocenters. The van der Waals surface area contributed by atoms with Crippen molar-refractivity contribution in [3.05, 3.63) is 23.8 Å². The highest BCUT2D eigenvalue weighted by Crippen LogP contribution is 2.28. The van der Waals surface area contributed by atoms with E-state index in [4.69, 9.17) is 14.2 Å². The smallest absolute Gasteiger partial charge is 0.161 e. The summed E-state index contributed by atoms with van der Waals surface area (Å²) in [5.74, 6) is 1.52. The van der Waals surface area contributed by atoms with Crippen molar-refractivity contribution in [2.75, 3.05) is 26.9 Å². The van der Waals surface area contributed by atoms with Gasteiger partial charge in [0.15, 0.2) is 11.5 Å². The van der Waals surface area contributed by atoms with E-state index in [1.807, 2.05) is 19.1 Å². The van der Waals surface area contributed by atoms with Crippen LogP contribution in [0, 0.1) is 0 Å². The molecule has 0 saturated heterocycles. The van der Waals surface area contributed by atoms with E-state index in [0.29, 0.717) is 19.8 Å². The average molecular weight is 281 g/mol. The van der Waals surface area contributed by atoms with Crippen molar-refractivity contribution in [2.45, 2.75) is 39.8 Å². The molecule has 0 spiro atoms. The summed E-state index contributed by atoms with van der Waals surface area (Å²) in [5.41, 5.74) is 1.27. The van der Waals surface area contributed by atoms with Gasteiger partial charge in [-0.2, -0.15) is 0 Å². The van der Waals surface area contributed by atoms with Gasteiger partial charge in [-0.3, -0.25) is 0 Å². The molecule has 0 unspecified atom stereocenters. The Morgan fingerprint density at radius 1 is 1.10 bits per heavy atom. The molecule has 4 nitrogen and oxygen atoms in total. The zero-order chi connectivity index (χ0) is 15.0. The Labute approximate surface area is 122 Å². The van der Waals surface area contributed by atoms with Crippen LogP contribution in [-0.2, 0) is 11.3 Å². The molecule has 0 heterocycles. The van der Waals surface area contributed by atoms with Crippen LogP contribution in [0.25, 0.3) is 0 Å². The number of rotatable bonds is 8. The van der Waals surface area contributed by atoms with Crippen LogP contribution in [0.4, 0.5) is 0 Å². The molecule has 4 heteroatoms. The lowest BCUT2D eigenvalue weighted by Crippen LogP contribution is -2.35. The lowest BCUT2D eigenvalue weighted by atomic mass is 10.1. The van der Waals surface area contributed by atoms with Crippen LogP contribution in [0.5, 0.6) is 11.5 Å². The minimum absolute atomic E-state index is 0.0971. The van der Waals surface area contributed by atoms with Crippen LogP contribution in [0.1, 0.15) is 33.3 Å². The van der Waals surface area contributed by atoms with Gasteiger partial charge in [-0.1, -0.05) is 6.07 Å². The summed E-state index contributed by atoms with van der Waals surface area (Å²) in [7, 11) is 1.66. The molecule has 0 fully saturated rings. The van der Waals surface area contributed by atoms with Gasteiger partial charge in [0.1, 0.15) is 6.61 Å². The SMILES string of the molecule is CCOCCOc1ccc(CNC(C)(C)C)cc1OC. The maximum absolute atomic E-state index is 5.66. The van der Waals surface area contributed by atoms with Gasteiger partial charge in [-0.25, -0.2) is 0 Å². The molecule has 1 rings (SSSR count). The maximum atomic E-state index is 5.66. The van der Waals surface area contributed by atoms with Crippen LogP contribution >= 0.6 is 0 Å². The van der Waals surface area contributed by atoms with Gasteiger partial charge in [0.05, 0.1) is 13.7 Å². The molecular formula is C16H27NO3. The minimum Gasteiger partial charge on any atom is -0.493 e. The predicted octanol–water partition coefficient (Wildman–Crippen LogP) is 3.00. The second-order valence-electron chi connectivity index (χ2n) is 5.63. The topological polar surface area (TPSA) is 39.7 Å². The quantitative estimate of drug-likeness (QED) is 0.744. The summed E-state index contributed by atoms with van der Waals surface area (Å²) in [4.78, 5) is 0. The fraction of sp³-hybridized carbons (Fsp3) is 0.625. The fourth-order valence-electron chi connectivity index (χ4n) is 1.66. The summed E-state index contributed by atoms with van der Waals surface area (Å²) >= 11 is 0. The Bertz CT molecular complexity index is 399. The van der Waals surface area contributed by atoms with Crippen molar-refractivity contribution in [3.63, 3.8) is 0 Å². The van der Waals surface area contributed by atoms with Crippen LogP contribution in [-0.4, -0.2) is 32.5 Å². The Morgan fingerprint density at radius 3 is 2.45 bits per heavy atom. The van der Waals surface area contributed by atoms with E-state index in [0.717, 1.165) is 18.0 Å². The van der Waals surface area contributed by atoms with Gasteiger partial charge >= 0.3 is 0 Å². The average Bonchev–Trinajstić information content (AvgIpc) is 2.41. The highest BCUT2D eigenvalue weighted by molar-refractivity contribution is 5.43. The molecule has 1 aromatic rings. The Kier molecular flexibility index (Phi) is 6.82. The van der Waals surface area contributed by atoms with Gasteiger partial charge in [0, 0.05) is 18.7 Å². The molecule has 0 aromatic heterocycles. The highest BCUT2D eigenvalue weighted by Gasteiger charge is 2.10. The Balaban J connectivity index is 2.60. The first-order valence-electron chi connectivity index (χ1n) is 7.08. The highest BCUT2D eigenvalue weighted by atomic mass is 16.5. The summed E-state index contributed by atoms with van der Waals surface area (Å²) in [6.07, 6.45) is 0. The number of hydrogen-bond acceptors (Lipinski definition) is 4. The molecule has 0 aliphatic rings. The number of ether oxygens (including phenoxy) is 3. The summed E-state index contributed by atoms with van der Waals surface area (Å²) in [6.45, 7) is 11.0. The Morgan fingerprint density at radius 2 is 1.85 bits per heavy atom. The predicted molar refractivity (Wildman–Crippen MR) is 81.6 cm³/mol. The van der Waals surface area contributed by atoms with Crippen molar-refractivity contribution in [1.82, 2.24) is 5.32 Å². The van der Waals surface area contributed by atoms with Gasteiger partial charge < -0.3 is 19.5 Å². The number of hydrogen-bond donors (Lipinski definition) is 1. The zero-order valence-electron chi connectivity index (χ0n) is 13.3. The van der Waals surface area contributed by atoms with Gasteiger partial charge in [-0.05, 0) is 45.4 Å². The van der Waals surface area contributed by atoms with E-state index in [1.165, 1.54) is 5.56 Å². The fourth-order valence-corrected chi connectivity index (χ4v) is 1.66. The second kappa shape index (κ2) is 8.12. The second-order valence-corrected chi connectivity index (χ2v) is 5.63. The first kappa shape index (κ1) is 16.8. The number of benzene rings is 1. The van der Waals surface area contributed by atoms with Crippen LogP contribution in [0.15, 0.2) is 18.2 Å². The van der Waals surface area contributed by atoms with Gasteiger partial charge in [-0.15, -0.1) is 0 Å². The molecule has 1 aromatic carbocycles. The largest absolute Gasteiger partial charge is 0.493 e. The van der Waals surface area contributed by atoms with Crippen LogP contribution in [0.2, 0.25) is 0 Å². The third kappa shape index (κ3) is 6.26. The number of nitrogens with one attached hydrogen (secondary N) is 1. The molecular weight excluding hydrogens is 254 g/mol. The van der Waals surface area contributed by atoms with Crippen LogP contribution in [0.3, 0.4) is 0 Å². The minimum atomic E-state index is 0.0971. The third-order valence-corrected chi connectivity index (χ3v) is 2.74. The molecule has 0 aliphatic heterocycles. The van der Waals surface area contributed by atoms with E-state index in [2.05, 4.69) is 32.2 Å². The van der Waals surface area contributed by atoms with Crippen molar-refractivity contribution in [1.29, 1.82) is 0 Å². The van der Waals surface area contributed by atoms with Crippen molar-refractivity contribution >= 4 is 0 Å². The van der Waals surface area contributed by atoms with Crippen molar-refractivity contribution in [3.8, 4) is 11.5 Å².